The molecule has 1 fully saturated rings. The summed E-state index contributed by atoms with van der Waals surface area (Å²) in [6.07, 6.45) is 3.95. The molecule has 5 heteroatoms. The Labute approximate surface area is 116 Å². The summed E-state index contributed by atoms with van der Waals surface area (Å²) in [4.78, 5) is 4.55. The summed E-state index contributed by atoms with van der Waals surface area (Å²) >= 11 is 0. The van der Waals surface area contributed by atoms with E-state index in [1.54, 1.807) is 6.26 Å². The highest BCUT2D eigenvalue weighted by molar-refractivity contribution is 5.91. The molecule has 0 radical (unpaired) electrons. The largest absolute Gasteiger partial charge is 0.463 e. The van der Waals surface area contributed by atoms with Gasteiger partial charge in [0.15, 0.2) is 5.82 Å². The molecule has 0 amide bonds. The van der Waals surface area contributed by atoms with Crippen molar-refractivity contribution in [3.8, 4) is 11.5 Å². The maximum absolute atomic E-state index is 5.52. The minimum Gasteiger partial charge on any atom is -0.463 e. The Balaban J connectivity index is 1.70. The van der Waals surface area contributed by atoms with E-state index in [1.165, 1.54) is 0 Å². The second kappa shape index (κ2) is 4.76. The first kappa shape index (κ1) is 11.7. The lowest BCUT2D eigenvalue weighted by atomic mass is 9.99. The summed E-state index contributed by atoms with van der Waals surface area (Å²) in [5, 5.41) is 8.51. The van der Waals surface area contributed by atoms with Crippen molar-refractivity contribution >= 4 is 11.0 Å². The molecule has 3 heterocycles. The smallest absolute Gasteiger partial charge is 0.261 e. The van der Waals surface area contributed by atoms with Crippen LogP contribution < -0.4 is 5.32 Å². The van der Waals surface area contributed by atoms with Crippen LogP contribution in [-0.4, -0.2) is 23.2 Å². The number of nitrogens with zero attached hydrogens (tertiary/aromatic N) is 2. The van der Waals surface area contributed by atoms with E-state index in [-0.39, 0.29) is 0 Å². The Hall–Kier alpha value is -2.14. The second-order valence-corrected chi connectivity index (χ2v) is 5.15. The third-order valence-corrected chi connectivity index (χ3v) is 3.82. The summed E-state index contributed by atoms with van der Waals surface area (Å²) in [7, 11) is 0. The maximum Gasteiger partial charge on any atom is 0.261 e. The predicted molar refractivity (Wildman–Crippen MR) is 74.4 cm³/mol. The van der Waals surface area contributed by atoms with Crippen molar-refractivity contribution in [3.63, 3.8) is 0 Å². The molecular formula is C15H15N3O2. The van der Waals surface area contributed by atoms with E-state index in [0.29, 0.717) is 11.8 Å². The molecule has 0 saturated carbocycles. The minimum atomic E-state index is 0.347. The van der Waals surface area contributed by atoms with Crippen LogP contribution in [0, 0.1) is 0 Å². The molecule has 1 saturated heterocycles. The SMILES string of the molecule is c1ccc2c(-c3nc(C4CCCNC4)no3)coc2c1. The standard InChI is InChI=1S/C15H15N3O2/c1-2-6-13-11(5-1)12(9-19-13)15-17-14(18-20-15)10-4-3-7-16-8-10/h1-2,5-6,9-10,16H,3-4,7-8H2. The molecule has 1 aliphatic rings. The van der Waals surface area contributed by atoms with Gasteiger partial charge in [-0.15, -0.1) is 0 Å². The lowest BCUT2D eigenvalue weighted by Crippen LogP contribution is -2.28. The second-order valence-electron chi connectivity index (χ2n) is 5.15. The molecule has 4 rings (SSSR count). The molecule has 1 aromatic carbocycles. The minimum absolute atomic E-state index is 0.347. The molecule has 0 bridgehead atoms. The van der Waals surface area contributed by atoms with Crippen LogP contribution >= 0.6 is 0 Å². The Bertz CT molecular complexity index is 725. The molecular weight excluding hydrogens is 254 g/mol. The molecule has 1 unspecified atom stereocenters. The monoisotopic (exact) mass is 269 g/mol. The number of furan rings is 1. The Morgan fingerprint density at radius 2 is 2.20 bits per heavy atom. The van der Waals surface area contributed by atoms with Crippen LogP contribution in [0.15, 0.2) is 39.5 Å². The van der Waals surface area contributed by atoms with Crippen LogP contribution in [0.1, 0.15) is 24.6 Å². The van der Waals surface area contributed by atoms with Crippen molar-refractivity contribution in [2.75, 3.05) is 13.1 Å². The van der Waals surface area contributed by atoms with Crippen LogP contribution in [-0.2, 0) is 0 Å². The zero-order chi connectivity index (χ0) is 13.4. The van der Waals surface area contributed by atoms with Crippen molar-refractivity contribution in [2.45, 2.75) is 18.8 Å². The molecule has 0 aliphatic carbocycles. The molecule has 2 aromatic heterocycles. The van der Waals surface area contributed by atoms with E-state index in [4.69, 9.17) is 8.94 Å². The first-order valence-corrected chi connectivity index (χ1v) is 6.93. The normalized spacial score (nSPS) is 19.5. The molecule has 0 spiro atoms. The predicted octanol–water partition coefficient (Wildman–Crippen LogP) is 2.95. The fraction of sp³-hybridized carbons (Fsp3) is 0.333. The highest BCUT2D eigenvalue weighted by atomic mass is 16.5. The van der Waals surface area contributed by atoms with E-state index in [9.17, 15) is 0 Å². The van der Waals surface area contributed by atoms with Gasteiger partial charge in [-0.2, -0.15) is 4.98 Å². The van der Waals surface area contributed by atoms with Crippen molar-refractivity contribution in [2.24, 2.45) is 0 Å². The Kier molecular flexibility index (Phi) is 2.77. The quantitative estimate of drug-likeness (QED) is 0.775. The zero-order valence-corrected chi connectivity index (χ0v) is 11.0. The topological polar surface area (TPSA) is 64.1 Å². The Morgan fingerprint density at radius 1 is 1.25 bits per heavy atom. The molecule has 3 aromatic rings. The van der Waals surface area contributed by atoms with Gasteiger partial charge in [0.1, 0.15) is 11.8 Å². The van der Waals surface area contributed by atoms with E-state index < -0.39 is 0 Å². The van der Waals surface area contributed by atoms with Gasteiger partial charge in [-0.3, -0.25) is 0 Å². The van der Waals surface area contributed by atoms with Gasteiger partial charge >= 0.3 is 0 Å². The van der Waals surface area contributed by atoms with Gasteiger partial charge in [0, 0.05) is 17.8 Å². The van der Waals surface area contributed by atoms with Crippen molar-refractivity contribution in [1.29, 1.82) is 0 Å². The number of rotatable bonds is 2. The van der Waals surface area contributed by atoms with Crippen molar-refractivity contribution in [1.82, 2.24) is 15.5 Å². The van der Waals surface area contributed by atoms with Crippen LogP contribution in [0.2, 0.25) is 0 Å². The molecule has 102 valence electrons. The fourth-order valence-electron chi connectivity index (χ4n) is 2.73. The van der Waals surface area contributed by atoms with Crippen LogP contribution in [0.25, 0.3) is 22.4 Å². The van der Waals surface area contributed by atoms with Gasteiger partial charge in [-0.05, 0) is 25.5 Å². The van der Waals surface area contributed by atoms with Crippen LogP contribution in [0.3, 0.4) is 0 Å². The van der Waals surface area contributed by atoms with Crippen LogP contribution in [0.4, 0.5) is 0 Å². The molecule has 20 heavy (non-hydrogen) atoms. The van der Waals surface area contributed by atoms with E-state index in [1.807, 2.05) is 24.3 Å². The van der Waals surface area contributed by atoms with Crippen LogP contribution in [0.5, 0.6) is 0 Å². The number of hydrogen-bond acceptors (Lipinski definition) is 5. The number of piperidine rings is 1. The van der Waals surface area contributed by atoms with E-state index >= 15 is 0 Å². The molecule has 1 N–H and O–H groups in total. The summed E-state index contributed by atoms with van der Waals surface area (Å²) in [5.74, 6) is 1.67. The van der Waals surface area contributed by atoms with Gasteiger partial charge in [-0.25, -0.2) is 0 Å². The number of para-hydroxylation sites is 1. The number of benzene rings is 1. The van der Waals surface area contributed by atoms with Crippen molar-refractivity contribution < 1.29 is 8.94 Å². The number of nitrogens with one attached hydrogen (secondary N) is 1. The lowest BCUT2D eigenvalue weighted by molar-refractivity contribution is 0.393. The fourth-order valence-corrected chi connectivity index (χ4v) is 2.73. The highest BCUT2D eigenvalue weighted by Crippen LogP contribution is 2.30. The third-order valence-electron chi connectivity index (χ3n) is 3.82. The number of hydrogen-bond donors (Lipinski definition) is 1. The maximum atomic E-state index is 5.52. The number of aromatic nitrogens is 2. The lowest BCUT2D eigenvalue weighted by Gasteiger charge is -2.19. The average molecular weight is 269 g/mol. The summed E-state index contributed by atoms with van der Waals surface area (Å²) in [6, 6.07) is 7.85. The van der Waals surface area contributed by atoms with Gasteiger partial charge in [0.2, 0.25) is 0 Å². The first-order chi connectivity index (χ1) is 9.92. The Morgan fingerprint density at radius 3 is 3.10 bits per heavy atom. The molecule has 1 atom stereocenters. The highest BCUT2D eigenvalue weighted by Gasteiger charge is 2.22. The van der Waals surface area contributed by atoms with Gasteiger partial charge in [-0.1, -0.05) is 23.4 Å². The molecule has 1 aliphatic heterocycles. The summed E-state index contributed by atoms with van der Waals surface area (Å²) in [6.45, 7) is 2.00. The number of fused-ring (bicyclic) bond motifs is 1. The van der Waals surface area contributed by atoms with Gasteiger partial charge < -0.3 is 14.3 Å². The third kappa shape index (κ3) is 1.91. The van der Waals surface area contributed by atoms with Gasteiger partial charge in [0.25, 0.3) is 5.89 Å². The summed E-state index contributed by atoms with van der Waals surface area (Å²) < 4.78 is 10.9. The first-order valence-electron chi connectivity index (χ1n) is 6.93. The van der Waals surface area contributed by atoms with Gasteiger partial charge in [0.05, 0.1) is 5.56 Å². The summed E-state index contributed by atoms with van der Waals surface area (Å²) in [5.41, 5.74) is 1.70. The average Bonchev–Trinajstić information content (AvgIpc) is 3.14. The molecule has 5 nitrogen and oxygen atoms in total. The van der Waals surface area contributed by atoms with Crippen molar-refractivity contribution in [3.05, 3.63) is 36.4 Å². The zero-order valence-electron chi connectivity index (χ0n) is 11.0. The van der Waals surface area contributed by atoms with E-state index in [0.717, 1.165) is 48.3 Å². The van der Waals surface area contributed by atoms with E-state index in [2.05, 4.69) is 15.5 Å².